The first-order valence-electron chi connectivity index (χ1n) is 5.70. The number of para-hydroxylation sites is 1. The molecule has 20 heavy (non-hydrogen) atoms. The average Bonchev–Trinajstić information content (AvgIpc) is 2.36. The first-order valence-corrected chi connectivity index (χ1v) is 5.70. The van der Waals surface area contributed by atoms with Crippen LogP contribution in [0.4, 0.5) is 11.4 Å². The lowest BCUT2D eigenvalue weighted by molar-refractivity contribution is -0.384. The standard InChI is InChI=1S/C12H14N2O6/c1-7(6-10(15)16)13-11-8(12(17)20-2)4-3-5-9(11)14(18)19/h3-5,7,13H,6H2,1-2H3,(H,15,16). The molecule has 2 N–H and O–H groups in total. The number of aliphatic carboxylic acids is 1. The number of rotatable bonds is 6. The summed E-state index contributed by atoms with van der Waals surface area (Å²) in [6.07, 6.45) is -0.243. The summed E-state index contributed by atoms with van der Waals surface area (Å²) in [5, 5.41) is 22.4. The molecule has 0 amide bonds. The molecule has 0 radical (unpaired) electrons. The van der Waals surface area contributed by atoms with E-state index < -0.39 is 22.9 Å². The Labute approximate surface area is 114 Å². The van der Waals surface area contributed by atoms with E-state index in [1.165, 1.54) is 18.2 Å². The number of nitro benzene ring substituents is 1. The third-order valence-electron chi connectivity index (χ3n) is 2.52. The molecule has 1 rings (SSSR count). The van der Waals surface area contributed by atoms with Gasteiger partial charge in [0.25, 0.3) is 5.69 Å². The zero-order valence-electron chi connectivity index (χ0n) is 11.0. The third-order valence-corrected chi connectivity index (χ3v) is 2.52. The van der Waals surface area contributed by atoms with Gasteiger partial charge in [-0.25, -0.2) is 4.79 Å². The van der Waals surface area contributed by atoms with Crippen molar-refractivity contribution in [2.45, 2.75) is 19.4 Å². The van der Waals surface area contributed by atoms with Gasteiger partial charge in [-0.1, -0.05) is 6.07 Å². The lowest BCUT2D eigenvalue weighted by atomic mass is 10.1. The lowest BCUT2D eigenvalue weighted by Crippen LogP contribution is -2.22. The van der Waals surface area contributed by atoms with E-state index in [0.717, 1.165) is 7.11 Å². The van der Waals surface area contributed by atoms with Crippen LogP contribution in [0.5, 0.6) is 0 Å². The van der Waals surface area contributed by atoms with Crippen molar-refractivity contribution >= 4 is 23.3 Å². The highest BCUT2D eigenvalue weighted by Crippen LogP contribution is 2.29. The van der Waals surface area contributed by atoms with Crippen LogP contribution in [0.1, 0.15) is 23.7 Å². The molecule has 8 nitrogen and oxygen atoms in total. The van der Waals surface area contributed by atoms with Crippen LogP contribution in [0.3, 0.4) is 0 Å². The number of carbonyl (C=O) groups is 2. The Morgan fingerprint density at radius 1 is 1.50 bits per heavy atom. The minimum Gasteiger partial charge on any atom is -0.481 e. The van der Waals surface area contributed by atoms with Gasteiger partial charge in [0.1, 0.15) is 5.69 Å². The fourth-order valence-corrected chi connectivity index (χ4v) is 1.68. The van der Waals surface area contributed by atoms with Gasteiger partial charge in [-0.2, -0.15) is 0 Å². The SMILES string of the molecule is COC(=O)c1cccc([N+](=O)[O-])c1NC(C)CC(=O)O. The fraction of sp³-hybridized carbons (Fsp3) is 0.333. The molecule has 0 fully saturated rings. The number of carboxylic acid groups (broad SMARTS) is 1. The highest BCUT2D eigenvalue weighted by atomic mass is 16.6. The number of carbonyl (C=O) groups excluding carboxylic acids is 1. The molecular weight excluding hydrogens is 268 g/mol. The molecule has 0 aliphatic heterocycles. The van der Waals surface area contributed by atoms with E-state index in [4.69, 9.17) is 5.11 Å². The van der Waals surface area contributed by atoms with Crippen molar-refractivity contribution in [3.05, 3.63) is 33.9 Å². The van der Waals surface area contributed by atoms with Gasteiger partial charge in [-0.05, 0) is 13.0 Å². The Kier molecular flexibility index (Phi) is 5.01. The van der Waals surface area contributed by atoms with E-state index in [0.29, 0.717) is 0 Å². The summed E-state index contributed by atoms with van der Waals surface area (Å²) < 4.78 is 4.56. The van der Waals surface area contributed by atoms with Gasteiger partial charge in [-0.15, -0.1) is 0 Å². The summed E-state index contributed by atoms with van der Waals surface area (Å²) in [6, 6.07) is 3.37. The Balaban J connectivity index is 3.21. The maximum absolute atomic E-state index is 11.6. The molecule has 8 heteroatoms. The number of hydrogen-bond donors (Lipinski definition) is 2. The maximum Gasteiger partial charge on any atom is 0.340 e. The number of nitrogens with one attached hydrogen (secondary N) is 1. The zero-order chi connectivity index (χ0) is 15.3. The number of hydrogen-bond acceptors (Lipinski definition) is 6. The number of esters is 1. The predicted octanol–water partition coefficient (Wildman–Crippen LogP) is 1.66. The molecule has 1 aromatic rings. The second-order valence-corrected chi connectivity index (χ2v) is 4.09. The van der Waals surface area contributed by atoms with E-state index in [-0.39, 0.29) is 23.4 Å². The van der Waals surface area contributed by atoms with Gasteiger partial charge in [0.2, 0.25) is 0 Å². The van der Waals surface area contributed by atoms with E-state index in [2.05, 4.69) is 10.1 Å². The zero-order valence-corrected chi connectivity index (χ0v) is 11.0. The number of ether oxygens (including phenoxy) is 1. The number of nitro groups is 1. The topological polar surface area (TPSA) is 119 Å². The van der Waals surface area contributed by atoms with E-state index in [1.807, 2.05) is 0 Å². The van der Waals surface area contributed by atoms with Gasteiger partial charge >= 0.3 is 11.9 Å². The molecular formula is C12H14N2O6. The normalized spacial score (nSPS) is 11.5. The summed E-state index contributed by atoms with van der Waals surface area (Å²) >= 11 is 0. The van der Waals surface area contributed by atoms with Crippen molar-refractivity contribution < 1.29 is 24.4 Å². The first kappa shape index (κ1) is 15.4. The summed E-state index contributed by atoms with van der Waals surface area (Å²) in [7, 11) is 1.16. The van der Waals surface area contributed by atoms with Crippen LogP contribution in [0.2, 0.25) is 0 Å². The van der Waals surface area contributed by atoms with Crippen LogP contribution in [0.15, 0.2) is 18.2 Å². The maximum atomic E-state index is 11.6. The number of methoxy groups -OCH3 is 1. The van der Waals surface area contributed by atoms with Crippen molar-refractivity contribution in [2.75, 3.05) is 12.4 Å². The smallest absolute Gasteiger partial charge is 0.340 e. The van der Waals surface area contributed by atoms with Crippen molar-refractivity contribution in [3.8, 4) is 0 Å². The number of anilines is 1. The molecule has 0 saturated carbocycles. The number of nitrogens with zero attached hydrogens (tertiary/aromatic N) is 1. The summed E-state index contributed by atoms with van der Waals surface area (Å²) in [4.78, 5) is 32.6. The molecule has 1 unspecified atom stereocenters. The molecule has 0 heterocycles. The van der Waals surface area contributed by atoms with Crippen LogP contribution in [0.25, 0.3) is 0 Å². The largest absolute Gasteiger partial charge is 0.481 e. The molecule has 0 bridgehead atoms. The van der Waals surface area contributed by atoms with Crippen LogP contribution < -0.4 is 5.32 Å². The van der Waals surface area contributed by atoms with Gasteiger partial charge in [0.05, 0.1) is 24.0 Å². The lowest BCUT2D eigenvalue weighted by Gasteiger charge is -2.15. The van der Waals surface area contributed by atoms with E-state index >= 15 is 0 Å². The molecule has 108 valence electrons. The van der Waals surface area contributed by atoms with Gasteiger partial charge < -0.3 is 15.2 Å². The second-order valence-electron chi connectivity index (χ2n) is 4.09. The quantitative estimate of drug-likeness (QED) is 0.462. The predicted molar refractivity (Wildman–Crippen MR) is 69.8 cm³/mol. The molecule has 1 aromatic carbocycles. The van der Waals surface area contributed by atoms with E-state index in [1.54, 1.807) is 6.92 Å². The minimum atomic E-state index is -1.05. The Bertz CT molecular complexity index is 543. The Hall–Kier alpha value is -2.64. The fourth-order valence-electron chi connectivity index (χ4n) is 1.68. The molecule has 1 atom stereocenters. The van der Waals surface area contributed by atoms with Crippen LogP contribution in [0, 0.1) is 10.1 Å². The summed E-state index contributed by atoms with van der Waals surface area (Å²) in [5.41, 5.74) is -0.373. The molecule has 0 aliphatic carbocycles. The summed E-state index contributed by atoms with van der Waals surface area (Å²) in [5.74, 6) is -1.79. The number of benzene rings is 1. The minimum absolute atomic E-state index is 0.0149. The van der Waals surface area contributed by atoms with Gasteiger partial charge in [0, 0.05) is 12.1 Å². The van der Waals surface area contributed by atoms with Crippen LogP contribution >= 0.6 is 0 Å². The molecule has 0 aromatic heterocycles. The van der Waals surface area contributed by atoms with E-state index in [9.17, 15) is 19.7 Å². The third kappa shape index (κ3) is 3.67. The average molecular weight is 282 g/mol. The Morgan fingerprint density at radius 3 is 2.65 bits per heavy atom. The van der Waals surface area contributed by atoms with Crippen LogP contribution in [-0.2, 0) is 9.53 Å². The molecule has 0 spiro atoms. The van der Waals surface area contributed by atoms with Crippen molar-refractivity contribution in [2.24, 2.45) is 0 Å². The second kappa shape index (κ2) is 6.50. The highest BCUT2D eigenvalue weighted by molar-refractivity contribution is 5.98. The first-order chi connectivity index (χ1) is 9.36. The molecule has 0 aliphatic rings. The van der Waals surface area contributed by atoms with Crippen molar-refractivity contribution in [1.29, 1.82) is 0 Å². The number of carboxylic acids is 1. The molecule has 0 saturated heterocycles. The van der Waals surface area contributed by atoms with Gasteiger partial charge in [0.15, 0.2) is 0 Å². The Morgan fingerprint density at radius 2 is 2.15 bits per heavy atom. The summed E-state index contributed by atoms with van der Waals surface area (Å²) in [6.45, 7) is 1.55. The van der Waals surface area contributed by atoms with Crippen LogP contribution in [-0.4, -0.2) is 35.1 Å². The van der Waals surface area contributed by atoms with Gasteiger partial charge in [-0.3, -0.25) is 14.9 Å². The van der Waals surface area contributed by atoms with Crippen molar-refractivity contribution in [1.82, 2.24) is 0 Å². The van der Waals surface area contributed by atoms with Crippen molar-refractivity contribution in [3.63, 3.8) is 0 Å². The monoisotopic (exact) mass is 282 g/mol. The highest BCUT2D eigenvalue weighted by Gasteiger charge is 2.23.